The van der Waals surface area contributed by atoms with Crippen LogP contribution in [0.4, 0.5) is 8.78 Å². The topological polar surface area (TPSA) is 12.5 Å². The fourth-order valence-electron chi connectivity index (χ4n) is 3.45. The molecule has 22 heavy (non-hydrogen) atoms. The lowest BCUT2D eigenvalue weighted by Gasteiger charge is -2.32. The van der Waals surface area contributed by atoms with E-state index < -0.39 is 11.6 Å². The van der Waals surface area contributed by atoms with Crippen LogP contribution in [0.3, 0.4) is 0 Å². The summed E-state index contributed by atoms with van der Waals surface area (Å²) in [5, 5.41) is 0. The van der Waals surface area contributed by atoms with Crippen molar-refractivity contribution in [2.75, 3.05) is 13.7 Å². The van der Waals surface area contributed by atoms with Gasteiger partial charge in [0.1, 0.15) is 17.4 Å². The zero-order valence-electron chi connectivity index (χ0n) is 14.0. The Morgan fingerprint density at radius 1 is 1.18 bits per heavy atom. The summed E-state index contributed by atoms with van der Waals surface area (Å²) in [7, 11) is 1.41. The first-order valence-corrected chi connectivity index (χ1v) is 8.02. The first-order valence-electron chi connectivity index (χ1n) is 8.02. The van der Waals surface area contributed by atoms with Gasteiger partial charge >= 0.3 is 0 Å². The summed E-state index contributed by atoms with van der Waals surface area (Å²) in [6.07, 6.45) is 3.01. The van der Waals surface area contributed by atoms with Crippen molar-refractivity contribution in [2.24, 2.45) is 5.92 Å². The van der Waals surface area contributed by atoms with E-state index in [1.54, 1.807) is 0 Å². The number of benzene rings is 1. The summed E-state index contributed by atoms with van der Waals surface area (Å²) in [4.78, 5) is 2.32. The van der Waals surface area contributed by atoms with Crippen LogP contribution in [0.25, 0.3) is 5.57 Å². The Labute approximate surface area is 131 Å². The van der Waals surface area contributed by atoms with Gasteiger partial charge in [0.05, 0.1) is 12.7 Å². The van der Waals surface area contributed by atoms with E-state index in [9.17, 15) is 8.78 Å². The predicted molar refractivity (Wildman–Crippen MR) is 86.0 cm³/mol. The van der Waals surface area contributed by atoms with Crippen molar-refractivity contribution in [2.45, 2.75) is 46.2 Å². The Balaban J connectivity index is 0.000000847. The molecule has 4 heteroatoms. The Kier molecular flexibility index (Phi) is 5.22. The molecule has 1 aliphatic carbocycles. The Hall–Kier alpha value is -1.42. The largest absolute Gasteiger partial charge is 0.497 e. The van der Waals surface area contributed by atoms with Crippen LogP contribution in [0.5, 0.6) is 5.75 Å². The van der Waals surface area contributed by atoms with Crippen molar-refractivity contribution in [3.63, 3.8) is 0 Å². The van der Waals surface area contributed by atoms with Crippen molar-refractivity contribution in [3.05, 3.63) is 35.4 Å². The highest BCUT2D eigenvalue weighted by Gasteiger charge is 2.42. The predicted octanol–water partition coefficient (Wildman–Crippen LogP) is 4.50. The zero-order chi connectivity index (χ0) is 16.4. The molecule has 0 amide bonds. The third-order valence-electron chi connectivity index (χ3n) is 4.35. The maximum atomic E-state index is 14.2. The molecule has 1 heterocycles. The fraction of sp³-hybridized carbons (Fsp3) is 0.556. The lowest BCUT2D eigenvalue weighted by molar-refractivity contribution is 0.230. The van der Waals surface area contributed by atoms with Crippen molar-refractivity contribution >= 4 is 5.57 Å². The van der Waals surface area contributed by atoms with Crippen LogP contribution in [0.2, 0.25) is 0 Å². The molecule has 122 valence electrons. The minimum atomic E-state index is -0.538. The number of hydrogen-bond acceptors (Lipinski definition) is 2. The van der Waals surface area contributed by atoms with Gasteiger partial charge in [-0.05, 0) is 31.8 Å². The third kappa shape index (κ3) is 2.89. The second-order valence-electron chi connectivity index (χ2n) is 5.89. The summed E-state index contributed by atoms with van der Waals surface area (Å²) in [5.41, 5.74) is 0.913. The second kappa shape index (κ2) is 6.78. The molecule has 0 N–H and O–H groups in total. The summed E-state index contributed by atoms with van der Waals surface area (Å²) in [5.74, 6) is -0.444. The Morgan fingerprint density at radius 3 is 2.23 bits per heavy atom. The van der Waals surface area contributed by atoms with Crippen LogP contribution >= 0.6 is 0 Å². The second-order valence-corrected chi connectivity index (χ2v) is 5.89. The van der Waals surface area contributed by atoms with Gasteiger partial charge in [0.15, 0.2) is 0 Å². The van der Waals surface area contributed by atoms with Crippen LogP contribution in [0.1, 0.15) is 39.7 Å². The van der Waals surface area contributed by atoms with E-state index in [0.717, 1.165) is 18.5 Å². The number of hydrogen-bond donors (Lipinski definition) is 0. The molecular weight excluding hydrogens is 284 g/mol. The molecule has 0 spiro atoms. The van der Waals surface area contributed by atoms with Gasteiger partial charge < -0.3 is 4.74 Å². The van der Waals surface area contributed by atoms with E-state index in [4.69, 9.17) is 4.74 Å². The van der Waals surface area contributed by atoms with Crippen LogP contribution in [0, 0.1) is 17.6 Å². The van der Waals surface area contributed by atoms with E-state index in [1.807, 2.05) is 19.9 Å². The van der Waals surface area contributed by atoms with Gasteiger partial charge in [0, 0.05) is 30.8 Å². The highest BCUT2D eigenvalue weighted by molar-refractivity contribution is 5.74. The number of likely N-dealkylation sites (tertiary alicyclic amines) is 1. The number of nitrogens with zero attached hydrogens (tertiary/aromatic N) is 1. The first kappa shape index (κ1) is 16.9. The minimum Gasteiger partial charge on any atom is -0.497 e. The van der Waals surface area contributed by atoms with E-state index in [0.29, 0.717) is 12.0 Å². The first-order chi connectivity index (χ1) is 10.5. The molecule has 1 aromatic carbocycles. The SMILES string of the molecule is CC.COc1cc(F)c(C2=CC3CC2N(C(C)C)C3)c(F)c1. The summed E-state index contributed by atoms with van der Waals surface area (Å²) >= 11 is 0. The van der Waals surface area contributed by atoms with Gasteiger partial charge in [-0.2, -0.15) is 0 Å². The molecule has 2 unspecified atom stereocenters. The number of fused-ring (bicyclic) bond motifs is 2. The average molecular weight is 309 g/mol. The van der Waals surface area contributed by atoms with Crippen molar-refractivity contribution in [1.82, 2.24) is 4.90 Å². The zero-order valence-corrected chi connectivity index (χ0v) is 14.0. The molecule has 2 nitrogen and oxygen atoms in total. The lowest BCUT2D eigenvalue weighted by Crippen LogP contribution is -2.38. The smallest absolute Gasteiger partial charge is 0.137 e. The number of rotatable bonds is 3. The lowest BCUT2D eigenvalue weighted by atomic mass is 9.98. The molecule has 2 aliphatic rings. The van der Waals surface area contributed by atoms with Gasteiger partial charge in [0.2, 0.25) is 0 Å². The van der Waals surface area contributed by atoms with E-state index in [1.165, 1.54) is 19.2 Å². The minimum absolute atomic E-state index is 0.114. The number of methoxy groups -OCH3 is 1. The van der Waals surface area contributed by atoms with Gasteiger partial charge in [-0.1, -0.05) is 19.9 Å². The van der Waals surface area contributed by atoms with Crippen molar-refractivity contribution in [1.29, 1.82) is 0 Å². The third-order valence-corrected chi connectivity index (χ3v) is 4.35. The maximum Gasteiger partial charge on any atom is 0.137 e. The van der Waals surface area contributed by atoms with Crippen molar-refractivity contribution < 1.29 is 13.5 Å². The molecule has 1 aliphatic heterocycles. The monoisotopic (exact) mass is 309 g/mol. The standard InChI is InChI=1S/C16H19F2NO.C2H6/c1-9(2)19-8-10-4-12(15(19)5-10)16-13(17)6-11(20-3)7-14(16)18;1-2/h4,6-7,9-10,15H,5,8H2,1-3H3;1-2H3. The fourth-order valence-corrected chi connectivity index (χ4v) is 3.45. The van der Waals surface area contributed by atoms with Gasteiger partial charge in [-0.25, -0.2) is 8.78 Å². The van der Waals surface area contributed by atoms with Crippen LogP contribution in [0.15, 0.2) is 18.2 Å². The molecule has 0 aromatic heterocycles. The van der Waals surface area contributed by atoms with Crippen molar-refractivity contribution in [3.8, 4) is 5.75 Å². The quantitative estimate of drug-likeness (QED) is 0.815. The highest BCUT2D eigenvalue weighted by atomic mass is 19.1. The molecule has 0 radical (unpaired) electrons. The van der Waals surface area contributed by atoms with Gasteiger partial charge in [-0.15, -0.1) is 0 Å². The Morgan fingerprint density at radius 2 is 1.77 bits per heavy atom. The molecule has 0 saturated carbocycles. The summed E-state index contributed by atoms with van der Waals surface area (Å²) < 4.78 is 33.4. The van der Waals surface area contributed by atoms with Crippen LogP contribution in [-0.2, 0) is 0 Å². The van der Waals surface area contributed by atoms with E-state index >= 15 is 0 Å². The number of halogens is 2. The van der Waals surface area contributed by atoms with Crippen LogP contribution in [-0.4, -0.2) is 30.6 Å². The Bertz CT molecular complexity index is 545. The number of ether oxygens (including phenoxy) is 1. The molecule has 3 rings (SSSR count). The van der Waals surface area contributed by atoms with Gasteiger partial charge in [-0.3, -0.25) is 4.90 Å². The van der Waals surface area contributed by atoms with E-state index in [2.05, 4.69) is 18.7 Å². The van der Waals surface area contributed by atoms with Gasteiger partial charge in [0.25, 0.3) is 0 Å². The molecule has 2 bridgehead atoms. The molecular formula is C18H25F2NO. The molecule has 1 fully saturated rings. The normalized spacial score (nSPS) is 23.4. The maximum absolute atomic E-state index is 14.2. The van der Waals surface area contributed by atoms with Crippen LogP contribution < -0.4 is 4.74 Å². The van der Waals surface area contributed by atoms with E-state index in [-0.39, 0.29) is 17.4 Å². The highest BCUT2D eigenvalue weighted by Crippen LogP contribution is 2.44. The molecule has 1 saturated heterocycles. The summed E-state index contributed by atoms with van der Waals surface area (Å²) in [6, 6.07) is 3.03. The summed E-state index contributed by atoms with van der Waals surface area (Å²) in [6.45, 7) is 9.24. The molecule has 1 aromatic rings. The average Bonchev–Trinajstić information content (AvgIpc) is 3.09. The molecule has 2 atom stereocenters.